The number of nitrogens with one attached hydrogen (secondary N) is 4. The highest BCUT2D eigenvalue weighted by Crippen LogP contribution is 2.31. The van der Waals surface area contributed by atoms with E-state index in [1.807, 2.05) is 0 Å². The first-order valence-corrected chi connectivity index (χ1v) is 13.9. The van der Waals surface area contributed by atoms with Gasteiger partial charge in [-0.2, -0.15) is 0 Å². The SMILES string of the molecule is O=C(NC[C@H]1CCC[C@H](CNC(=O)N[C@@H]2CCCc3ccccc32)C1)N[C@H]1CCCc2ccccc21. The Morgan fingerprint density at radius 1 is 0.639 bits per heavy atom. The van der Waals surface area contributed by atoms with E-state index >= 15 is 0 Å². The number of hydrogen-bond donors (Lipinski definition) is 4. The standard InChI is InChI=1S/C30H40N4O2/c35-29(33-27-16-6-12-23-10-1-3-14-25(23)27)31-19-21-8-5-9-22(18-21)20-32-30(36)34-28-17-7-13-24-11-2-4-15-26(24)28/h1-4,10-11,14-15,21-22,27-28H,5-9,12-13,16-20H2,(H2,31,33,35)(H2,32,34,36)/t21-,22-,27-,28+/m0/s1. The minimum absolute atomic E-state index is 0.0657. The van der Waals surface area contributed by atoms with Crippen molar-refractivity contribution in [1.29, 1.82) is 0 Å². The van der Waals surface area contributed by atoms with Gasteiger partial charge in [0, 0.05) is 13.1 Å². The van der Waals surface area contributed by atoms with Gasteiger partial charge in [-0.1, -0.05) is 55.0 Å². The van der Waals surface area contributed by atoms with Crippen molar-refractivity contribution in [2.75, 3.05) is 13.1 Å². The lowest BCUT2D eigenvalue weighted by Crippen LogP contribution is -2.43. The molecule has 2 aromatic rings. The monoisotopic (exact) mass is 488 g/mol. The molecule has 4 atom stereocenters. The second-order valence-corrected chi connectivity index (χ2v) is 10.9. The molecule has 2 aromatic carbocycles. The minimum atomic E-state index is -0.0657. The van der Waals surface area contributed by atoms with Crippen LogP contribution in [0.25, 0.3) is 0 Å². The van der Waals surface area contributed by atoms with E-state index in [1.54, 1.807) is 0 Å². The number of fused-ring (bicyclic) bond motifs is 2. The van der Waals surface area contributed by atoms with E-state index < -0.39 is 0 Å². The van der Waals surface area contributed by atoms with Gasteiger partial charge in [0.05, 0.1) is 12.1 Å². The molecular weight excluding hydrogens is 448 g/mol. The van der Waals surface area contributed by atoms with Crippen LogP contribution in [0.5, 0.6) is 0 Å². The average Bonchev–Trinajstić information content (AvgIpc) is 2.91. The molecule has 0 heterocycles. The predicted molar refractivity (Wildman–Crippen MR) is 143 cm³/mol. The summed E-state index contributed by atoms with van der Waals surface area (Å²) in [5.74, 6) is 0.923. The van der Waals surface area contributed by atoms with Crippen LogP contribution in [0.3, 0.4) is 0 Å². The third-order valence-electron chi connectivity index (χ3n) is 8.34. The van der Waals surface area contributed by atoms with Crippen LogP contribution in [0.1, 0.15) is 85.7 Å². The molecule has 0 bridgehead atoms. The summed E-state index contributed by atoms with van der Waals surface area (Å²) < 4.78 is 0. The zero-order valence-corrected chi connectivity index (χ0v) is 21.2. The second-order valence-electron chi connectivity index (χ2n) is 10.9. The first kappa shape index (κ1) is 24.7. The van der Waals surface area contributed by atoms with Crippen LogP contribution >= 0.6 is 0 Å². The molecule has 0 radical (unpaired) electrons. The number of rotatable bonds is 6. The van der Waals surface area contributed by atoms with Gasteiger partial charge in [0.2, 0.25) is 0 Å². The van der Waals surface area contributed by atoms with Crippen LogP contribution < -0.4 is 21.3 Å². The van der Waals surface area contributed by atoms with Crippen molar-refractivity contribution in [3.63, 3.8) is 0 Å². The van der Waals surface area contributed by atoms with Crippen LogP contribution in [0.2, 0.25) is 0 Å². The lowest BCUT2D eigenvalue weighted by Gasteiger charge is -2.31. The van der Waals surface area contributed by atoms with Crippen LogP contribution in [0.4, 0.5) is 9.59 Å². The Morgan fingerprint density at radius 2 is 1.11 bits per heavy atom. The lowest BCUT2D eigenvalue weighted by molar-refractivity contribution is 0.217. The van der Waals surface area contributed by atoms with Crippen LogP contribution in [-0.2, 0) is 12.8 Å². The maximum Gasteiger partial charge on any atom is 0.315 e. The van der Waals surface area contributed by atoms with E-state index in [0.717, 1.165) is 64.2 Å². The summed E-state index contributed by atoms with van der Waals surface area (Å²) >= 11 is 0. The summed E-state index contributed by atoms with van der Waals surface area (Å²) in [5.41, 5.74) is 5.23. The molecule has 3 aliphatic rings. The quantitative estimate of drug-likeness (QED) is 0.430. The van der Waals surface area contributed by atoms with Crippen molar-refractivity contribution in [3.05, 3.63) is 70.8 Å². The fourth-order valence-corrected chi connectivity index (χ4v) is 6.47. The van der Waals surface area contributed by atoms with E-state index in [4.69, 9.17) is 0 Å². The Kier molecular flexibility index (Phi) is 8.09. The van der Waals surface area contributed by atoms with Crippen LogP contribution in [0.15, 0.2) is 48.5 Å². The summed E-state index contributed by atoms with van der Waals surface area (Å²) in [5, 5.41) is 12.7. The van der Waals surface area contributed by atoms with E-state index in [0.29, 0.717) is 24.9 Å². The molecule has 4 amide bonds. The Hall–Kier alpha value is -3.02. The van der Waals surface area contributed by atoms with Crippen LogP contribution in [-0.4, -0.2) is 25.2 Å². The fourth-order valence-electron chi connectivity index (χ4n) is 6.47. The lowest BCUT2D eigenvalue weighted by atomic mass is 9.81. The van der Waals surface area contributed by atoms with Gasteiger partial charge in [-0.15, -0.1) is 0 Å². The molecule has 1 saturated carbocycles. The highest BCUT2D eigenvalue weighted by molar-refractivity contribution is 5.75. The summed E-state index contributed by atoms with van der Waals surface area (Å²) in [4.78, 5) is 25.3. The highest BCUT2D eigenvalue weighted by Gasteiger charge is 2.26. The van der Waals surface area contributed by atoms with E-state index in [-0.39, 0.29) is 24.1 Å². The summed E-state index contributed by atoms with van der Waals surface area (Å²) in [7, 11) is 0. The molecule has 0 unspecified atom stereocenters. The highest BCUT2D eigenvalue weighted by atomic mass is 16.2. The maximum absolute atomic E-state index is 12.6. The molecule has 0 aromatic heterocycles. The third-order valence-corrected chi connectivity index (χ3v) is 8.34. The minimum Gasteiger partial charge on any atom is -0.338 e. The number of carbonyl (C=O) groups is 2. The number of benzene rings is 2. The van der Waals surface area contributed by atoms with Crippen LogP contribution in [0, 0.1) is 11.8 Å². The van der Waals surface area contributed by atoms with Gasteiger partial charge in [-0.3, -0.25) is 0 Å². The molecule has 0 aliphatic heterocycles. The maximum atomic E-state index is 12.6. The van der Waals surface area contributed by atoms with Crippen molar-refractivity contribution < 1.29 is 9.59 Å². The number of urea groups is 2. The molecule has 6 nitrogen and oxygen atoms in total. The first-order chi connectivity index (χ1) is 17.7. The van der Waals surface area contributed by atoms with Crippen molar-refractivity contribution in [3.8, 4) is 0 Å². The molecule has 0 saturated heterocycles. The van der Waals surface area contributed by atoms with Gasteiger partial charge in [-0.25, -0.2) is 9.59 Å². The molecule has 1 fully saturated rings. The van der Waals surface area contributed by atoms with Gasteiger partial charge < -0.3 is 21.3 Å². The second kappa shape index (κ2) is 11.8. The van der Waals surface area contributed by atoms with E-state index in [2.05, 4.69) is 69.8 Å². The Morgan fingerprint density at radius 3 is 1.61 bits per heavy atom. The smallest absolute Gasteiger partial charge is 0.315 e. The zero-order valence-electron chi connectivity index (χ0n) is 21.2. The van der Waals surface area contributed by atoms with Gasteiger partial charge in [0.1, 0.15) is 0 Å². The Balaban J connectivity index is 1.03. The van der Waals surface area contributed by atoms with E-state index in [1.165, 1.54) is 22.3 Å². The normalized spacial score (nSPS) is 25.1. The van der Waals surface area contributed by atoms with Crippen molar-refractivity contribution >= 4 is 12.1 Å². The molecule has 36 heavy (non-hydrogen) atoms. The summed E-state index contributed by atoms with van der Waals surface area (Å²) in [6, 6.07) is 17.0. The van der Waals surface area contributed by atoms with Gasteiger partial charge in [-0.05, 0) is 91.9 Å². The van der Waals surface area contributed by atoms with E-state index in [9.17, 15) is 9.59 Å². The van der Waals surface area contributed by atoms with Gasteiger partial charge in [0.25, 0.3) is 0 Å². The number of aryl methyl sites for hydroxylation is 2. The molecule has 6 heteroatoms. The molecule has 5 rings (SSSR count). The summed E-state index contributed by atoms with van der Waals surface area (Å²) in [6.45, 7) is 1.39. The van der Waals surface area contributed by atoms with Crippen molar-refractivity contribution in [2.45, 2.75) is 76.3 Å². The predicted octanol–water partition coefficient (Wildman–Crippen LogP) is 5.55. The molecule has 4 N–H and O–H groups in total. The topological polar surface area (TPSA) is 82.3 Å². The summed E-state index contributed by atoms with van der Waals surface area (Å²) in [6.07, 6.45) is 10.9. The van der Waals surface area contributed by atoms with Gasteiger partial charge in [0.15, 0.2) is 0 Å². The van der Waals surface area contributed by atoms with Crippen molar-refractivity contribution in [2.24, 2.45) is 11.8 Å². The molecule has 192 valence electrons. The molecule has 0 spiro atoms. The molecule has 3 aliphatic carbocycles. The number of carbonyl (C=O) groups excluding carboxylic acids is 2. The first-order valence-electron chi connectivity index (χ1n) is 13.9. The molecular formula is C30H40N4O2. The Bertz CT molecular complexity index is 973. The fraction of sp³-hybridized carbons (Fsp3) is 0.533. The number of amides is 4. The zero-order chi connectivity index (χ0) is 24.7. The van der Waals surface area contributed by atoms with Gasteiger partial charge >= 0.3 is 12.1 Å². The van der Waals surface area contributed by atoms with Crippen molar-refractivity contribution in [1.82, 2.24) is 21.3 Å². The average molecular weight is 489 g/mol. The largest absolute Gasteiger partial charge is 0.338 e. The Labute approximate surface area is 215 Å². The number of hydrogen-bond acceptors (Lipinski definition) is 2. The third kappa shape index (κ3) is 6.21.